The number of nitrogens with two attached hydrogens (primary N) is 1. The lowest BCUT2D eigenvalue weighted by Crippen LogP contribution is -2.44. The standard InChI is InChI=1S/C16H23N5O6S2/c1-5-27-15(17)19-16-18-11(2)10-12(3)21(16)29(24,25)14-9-7-6-8-13(14)28(22,23)20-26-4/h6-10,12,20H,5H2,1-4H3,(H2,17,18,19). The van der Waals surface area contributed by atoms with Crippen molar-refractivity contribution in [2.24, 2.45) is 15.7 Å². The van der Waals surface area contributed by atoms with E-state index in [-0.39, 0.29) is 18.6 Å². The van der Waals surface area contributed by atoms with Crippen LogP contribution in [0.4, 0.5) is 0 Å². The second-order valence-electron chi connectivity index (χ2n) is 5.88. The summed E-state index contributed by atoms with van der Waals surface area (Å²) in [7, 11) is -7.57. The summed E-state index contributed by atoms with van der Waals surface area (Å²) in [6.45, 7) is 5.20. The predicted molar refractivity (Wildman–Crippen MR) is 107 cm³/mol. The number of guanidine groups is 1. The van der Waals surface area contributed by atoms with Crippen LogP contribution in [0.2, 0.25) is 0 Å². The summed E-state index contributed by atoms with van der Waals surface area (Å²) in [6.07, 6.45) is 1.60. The molecule has 0 radical (unpaired) electrons. The Balaban J connectivity index is 2.66. The van der Waals surface area contributed by atoms with Gasteiger partial charge in [0.15, 0.2) is 0 Å². The number of hydrogen-bond acceptors (Lipinski definition) is 8. The minimum absolute atomic E-state index is 0.226. The van der Waals surface area contributed by atoms with Crippen molar-refractivity contribution in [1.82, 2.24) is 9.19 Å². The van der Waals surface area contributed by atoms with E-state index in [2.05, 4.69) is 14.8 Å². The largest absolute Gasteiger partial charge is 0.465 e. The zero-order valence-corrected chi connectivity index (χ0v) is 18.0. The summed E-state index contributed by atoms with van der Waals surface area (Å²) < 4.78 is 57.7. The molecule has 11 nitrogen and oxygen atoms in total. The van der Waals surface area contributed by atoms with Gasteiger partial charge in [0.05, 0.1) is 19.8 Å². The Bertz CT molecular complexity index is 1060. The number of amidine groups is 1. The molecule has 0 fully saturated rings. The summed E-state index contributed by atoms with van der Waals surface area (Å²) in [5.74, 6) is -0.240. The molecule has 3 N–H and O–H groups in total. The molecule has 0 aromatic heterocycles. The van der Waals surface area contributed by atoms with Gasteiger partial charge in [-0.05, 0) is 39.0 Å². The van der Waals surface area contributed by atoms with Crippen LogP contribution in [0.15, 0.2) is 55.8 Å². The number of rotatable bonds is 6. The van der Waals surface area contributed by atoms with Gasteiger partial charge in [0.25, 0.3) is 26.1 Å². The number of nitrogens with one attached hydrogen (secondary N) is 1. The van der Waals surface area contributed by atoms with Crippen molar-refractivity contribution in [1.29, 1.82) is 0 Å². The number of aliphatic imine (C=N–C) groups is 2. The molecule has 0 bridgehead atoms. The number of benzene rings is 1. The normalized spacial score (nSPS) is 18.3. The van der Waals surface area contributed by atoms with Gasteiger partial charge in [-0.15, -0.1) is 0 Å². The van der Waals surface area contributed by atoms with Crippen molar-refractivity contribution in [2.75, 3.05) is 13.7 Å². The zero-order valence-electron chi connectivity index (χ0n) is 16.4. The number of allylic oxidation sites excluding steroid dienone is 1. The van der Waals surface area contributed by atoms with Crippen LogP contribution in [0, 0.1) is 0 Å². The average molecular weight is 446 g/mol. The molecule has 1 aromatic rings. The lowest BCUT2D eigenvalue weighted by Gasteiger charge is -2.31. The second-order valence-corrected chi connectivity index (χ2v) is 9.28. The molecule has 1 heterocycles. The maximum atomic E-state index is 13.5. The molecule has 1 aliphatic heterocycles. The van der Waals surface area contributed by atoms with Gasteiger partial charge in [0, 0.05) is 5.70 Å². The van der Waals surface area contributed by atoms with Crippen molar-refractivity contribution in [2.45, 2.75) is 36.6 Å². The van der Waals surface area contributed by atoms with E-state index < -0.39 is 35.9 Å². The van der Waals surface area contributed by atoms with E-state index in [0.717, 1.165) is 17.5 Å². The fourth-order valence-electron chi connectivity index (χ4n) is 2.67. The minimum atomic E-state index is -4.41. The molecule has 0 spiro atoms. The monoisotopic (exact) mass is 445 g/mol. The van der Waals surface area contributed by atoms with E-state index in [9.17, 15) is 16.8 Å². The molecule has 0 saturated heterocycles. The maximum Gasteiger partial charge on any atom is 0.289 e. The van der Waals surface area contributed by atoms with Crippen LogP contribution in [-0.2, 0) is 29.6 Å². The highest BCUT2D eigenvalue weighted by atomic mass is 32.2. The Morgan fingerprint density at radius 3 is 2.48 bits per heavy atom. The average Bonchev–Trinajstić information content (AvgIpc) is 2.61. The molecular weight excluding hydrogens is 422 g/mol. The van der Waals surface area contributed by atoms with Crippen molar-refractivity contribution < 1.29 is 26.4 Å². The van der Waals surface area contributed by atoms with Crippen LogP contribution in [-0.4, -0.2) is 52.9 Å². The van der Waals surface area contributed by atoms with Crippen LogP contribution in [0.3, 0.4) is 0 Å². The Kier molecular flexibility index (Phi) is 7.00. The Labute approximate surface area is 170 Å². The van der Waals surface area contributed by atoms with Crippen LogP contribution in [0.25, 0.3) is 0 Å². The van der Waals surface area contributed by atoms with Gasteiger partial charge in [-0.2, -0.15) is 4.99 Å². The Morgan fingerprint density at radius 2 is 1.90 bits per heavy atom. The molecule has 1 aliphatic rings. The number of nitrogens with zero attached hydrogens (tertiary/aromatic N) is 3. The number of sulfonamides is 2. The third-order valence-electron chi connectivity index (χ3n) is 3.70. The van der Waals surface area contributed by atoms with Gasteiger partial charge in [-0.25, -0.2) is 26.1 Å². The maximum absolute atomic E-state index is 13.5. The van der Waals surface area contributed by atoms with Gasteiger partial charge >= 0.3 is 0 Å². The van der Waals surface area contributed by atoms with E-state index in [1.807, 2.05) is 4.89 Å². The SMILES string of the molecule is CCOC(N)=NC1=NC(C)=CC(C)N1S(=O)(=O)c1ccccc1S(=O)(=O)NOC. The number of hydrogen-bond donors (Lipinski definition) is 2. The summed E-state index contributed by atoms with van der Waals surface area (Å²) in [4.78, 5) is 13.4. The van der Waals surface area contributed by atoms with Gasteiger partial charge in [-0.3, -0.25) is 4.84 Å². The second kappa shape index (κ2) is 8.90. The molecule has 1 unspecified atom stereocenters. The fourth-order valence-corrected chi connectivity index (χ4v) is 5.79. The highest BCUT2D eigenvalue weighted by molar-refractivity contribution is 7.92. The summed E-state index contributed by atoms with van der Waals surface area (Å²) >= 11 is 0. The summed E-state index contributed by atoms with van der Waals surface area (Å²) in [5.41, 5.74) is 6.19. The van der Waals surface area contributed by atoms with E-state index in [1.165, 1.54) is 18.2 Å². The molecule has 2 rings (SSSR count). The lowest BCUT2D eigenvalue weighted by atomic mass is 10.2. The third kappa shape index (κ3) is 4.93. The van der Waals surface area contributed by atoms with E-state index >= 15 is 0 Å². The molecule has 1 aromatic carbocycles. The molecule has 160 valence electrons. The Hall–Kier alpha value is -2.48. The highest BCUT2D eigenvalue weighted by Gasteiger charge is 2.37. The zero-order chi connectivity index (χ0) is 21.8. The van der Waals surface area contributed by atoms with Crippen molar-refractivity contribution >= 4 is 32.0 Å². The molecule has 0 amide bonds. The Morgan fingerprint density at radius 1 is 1.28 bits per heavy atom. The molecule has 0 aliphatic carbocycles. The molecule has 0 saturated carbocycles. The molecule has 1 atom stereocenters. The predicted octanol–water partition coefficient (Wildman–Crippen LogP) is 0.530. The van der Waals surface area contributed by atoms with E-state index in [1.54, 1.807) is 26.8 Å². The smallest absolute Gasteiger partial charge is 0.289 e. The van der Waals surface area contributed by atoms with Crippen LogP contribution in [0.5, 0.6) is 0 Å². The first-order valence-electron chi connectivity index (χ1n) is 8.47. The quantitative estimate of drug-likeness (QED) is 0.368. The van der Waals surface area contributed by atoms with E-state index in [4.69, 9.17) is 10.5 Å². The minimum Gasteiger partial charge on any atom is -0.465 e. The number of ether oxygens (including phenoxy) is 1. The van der Waals surface area contributed by atoms with Crippen molar-refractivity contribution in [3.05, 3.63) is 36.0 Å². The van der Waals surface area contributed by atoms with Crippen molar-refractivity contribution in [3.8, 4) is 0 Å². The first-order valence-corrected chi connectivity index (χ1v) is 11.4. The molecular formula is C16H23N5O6S2. The highest BCUT2D eigenvalue weighted by Crippen LogP contribution is 2.28. The first-order chi connectivity index (χ1) is 13.5. The first kappa shape index (κ1) is 22.8. The fraction of sp³-hybridized carbons (Fsp3) is 0.375. The van der Waals surface area contributed by atoms with Crippen molar-refractivity contribution in [3.63, 3.8) is 0 Å². The molecule has 13 heteroatoms. The van der Waals surface area contributed by atoms with Crippen LogP contribution in [0.1, 0.15) is 20.8 Å². The summed E-state index contributed by atoms with van der Waals surface area (Å²) in [5, 5.41) is 0. The van der Waals surface area contributed by atoms with Gasteiger partial charge in [-0.1, -0.05) is 17.0 Å². The van der Waals surface area contributed by atoms with E-state index in [0.29, 0.717) is 5.70 Å². The summed E-state index contributed by atoms with van der Waals surface area (Å²) in [6, 6.07) is 4.14. The topological polar surface area (TPSA) is 153 Å². The lowest BCUT2D eigenvalue weighted by molar-refractivity contribution is 0.153. The van der Waals surface area contributed by atoms with Crippen LogP contribution >= 0.6 is 0 Å². The van der Waals surface area contributed by atoms with Gasteiger partial charge < -0.3 is 10.5 Å². The van der Waals surface area contributed by atoms with Gasteiger partial charge in [0.2, 0.25) is 5.96 Å². The third-order valence-corrected chi connectivity index (χ3v) is 7.07. The van der Waals surface area contributed by atoms with Gasteiger partial charge in [0.1, 0.15) is 9.79 Å². The molecule has 29 heavy (non-hydrogen) atoms. The van der Waals surface area contributed by atoms with Crippen LogP contribution < -0.4 is 10.6 Å².